The van der Waals surface area contributed by atoms with E-state index in [0.29, 0.717) is 5.82 Å². The largest absolute Gasteiger partial charge is 0.496 e. The van der Waals surface area contributed by atoms with Gasteiger partial charge in [-0.15, -0.1) is 0 Å². The number of methoxy groups -OCH3 is 1. The van der Waals surface area contributed by atoms with Gasteiger partial charge in [-0.1, -0.05) is 11.6 Å². The molecule has 20 heavy (non-hydrogen) atoms. The lowest BCUT2D eigenvalue weighted by molar-refractivity contribution is 0.0691. The van der Waals surface area contributed by atoms with E-state index in [4.69, 9.17) is 21.4 Å². The fourth-order valence-corrected chi connectivity index (χ4v) is 1.95. The molecular formula is C14H13ClN2O3. The Hall–Kier alpha value is -2.27. The van der Waals surface area contributed by atoms with Gasteiger partial charge in [0.1, 0.15) is 11.6 Å². The highest BCUT2D eigenvalue weighted by Crippen LogP contribution is 2.24. The Bertz CT molecular complexity index is 659. The van der Waals surface area contributed by atoms with E-state index >= 15 is 0 Å². The molecule has 0 saturated heterocycles. The van der Waals surface area contributed by atoms with Crippen LogP contribution in [0.3, 0.4) is 0 Å². The van der Waals surface area contributed by atoms with Gasteiger partial charge in [0.15, 0.2) is 5.69 Å². The molecule has 1 aromatic heterocycles. The molecule has 6 heteroatoms. The number of hydrogen-bond donors (Lipinski definition) is 2. The van der Waals surface area contributed by atoms with Gasteiger partial charge in [-0.3, -0.25) is 0 Å². The highest BCUT2D eigenvalue weighted by molar-refractivity contribution is 6.33. The van der Waals surface area contributed by atoms with Crippen molar-refractivity contribution in [3.63, 3.8) is 0 Å². The maximum atomic E-state index is 11.0. The van der Waals surface area contributed by atoms with E-state index in [2.05, 4.69) is 10.3 Å². The van der Waals surface area contributed by atoms with Gasteiger partial charge in [0.25, 0.3) is 0 Å². The molecule has 2 N–H and O–H groups in total. The summed E-state index contributed by atoms with van der Waals surface area (Å²) in [5.74, 6) is 0.0340. The van der Waals surface area contributed by atoms with Crippen molar-refractivity contribution in [3.05, 3.63) is 46.6 Å². The van der Waals surface area contributed by atoms with Crippen molar-refractivity contribution in [1.82, 2.24) is 4.98 Å². The summed E-state index contributed by atoms with van der Waals surface area (Å²) in [6.07, 6.45) is 0. The summed E-state index contributed by atoms with van der Waals surface area (Å²) in [5, 5.41) is 12.1. The van der Waals surface area contributed by atoms with Crippen LogP contribution in [0.5, 0.6) is 5.75 Å². The Balaban J connectivity index is 2.28. The topological polar surface area (TPSA) is 71.5 Å². The zero-order valence-electron chi connectivity index (χ0n) is 11.0. The summed E-state index contributed by atoms with van der Waals surface area (Å²) in [7, 11) is 1.61. The number of aryl methyl sites for hydroxylation is 1. The SMILES string of the molecule is COc1ccc(Nc2ccc(Cl)c(C(=O)O)n2)cc1C. The number of ether oxygens (including phenoxy) is 1. The van der Waals surface area contributed by atoms with E-state index in [1.165, 1.54) is 6.07 Å². The molecule has 0 amide bonds. The third-order valence-corrected chi connectivity index (χ3v) is 3.02. The third-order valence-electron chi connectivity index (χ3n) is 2.72. The summed E-state index contributed by atoms with van der Waals surface area (Å²) in [5.41, 5.74) is 1.57. The first kappa shape index (κ1) is 14.1. The van der Waals surface area contributed by atoms with E-state index in [9.17, 15) is 4.79 Å². The molecule has 0 bridgehead atoms. The number of carboxylic acid groups (broad SMARTS) is 1. The molecule has 2 aromatic rings. The number of aromatic nitrogens is 1. The van der Waals surface area contributed by atoms with E-state index in [1.54, 1.807) is 13.2 Å². The molecule has 0 spiro atoms. The van der Waals surface area contributed by atoms with E-state index in [0.717, 1.165) is 17.0 Å². The van der Waals surface area contributed by atoms with Crippen LogP contribution in [0.4, 0.5) is 11.5 Å². The number of carbonyl (C=O) groups is 1. The number of pyridine rings is 1. The van der Waals surface area contributed by atoms with Crippen molar-refractivity contribution < 1.29 is 14.6 Å². The van der Waals surface area contributed by atoms with Crippen LogP contribution in [-0.2, 0) is 0 Å². The fraction of sp³-hybridized carbons (Fsp3) is 0.143. The van der Waals surface area contributed by atoms with E-state index in [1.807, 2.05) is 25.1 Å². The summed E-state index contributed by atoms with van der Waals surface area (Å²) in [6.45, 7) is 1.92. The van der Waals surface area contributed by atoms with Crippen LogP contribution >= 0.6 is 11.6 Å². The molecule has 0 aliphatic rings. The number of carboxylic acids is 1. The lowest BCUT2D eigenvalue weighted by Gasteiger charge is -2.10. The smallest absolute Gasteiger partial charge is 0.356 e. The van der Waals surface area contributed by atoms with Crippen molar-refractivity contribution in [3.8, 4) is 5.75 Å². The molecule has 1 heterocycles. The minimum Gasteiger partial charge on any atom is -0.496 e. The molecular weight excluding hydrogens is 280 g/mol. The van der Waals surface area contributed by atoms with Crippen LogP contribution in [0.25, 0.3) is 0 Å². The monoisotopic (exact) mass is 292 g/mol. The maximum absolute atomic E-state index is 11.0. The van der Waals surface area contributed by atoms with Crippen molar-refractivity contribution in [1.29, 1.82) is 0 Å². The van der Waals surface area contributed by atoms with Gasteiger partial charge in [0.05, 0.1) is 12.1 Å². The van der Waals surface area contributed by atoms with Crippen molar-refractivity contribution in [2.24, 2.45) is 0 Å². The van der Waals surface area contributed by atoms with Gasteiger partial charge in [-0.05, 0) is 42.8 Å². The standard InChI is InChI=1S/C14H13ClN2O3/c1-8-7-9(3-5-11(8)20-2)16-12-6-4-10(15)13(17-12)14(18)19/h3-7H,1-2H3,(H,16,17)(H,18,19). The Morgan fingerprint density at radius 3 is 2.70 bits per heavy atom. The van der Waals surface area contributed by atoms with Gasteiger partial charge >= 0.3 is 5.97 Å². The average Bonchev–Trinajstić information content (AvgIpc) is 2.41. The van der Waals surface area contributed by atoms with E-state index in [-0.39, 0.29) is 10.7 Å². The molecule has 0 aliphatic heterocycles. The minimum absolute atomic E-state index is 0.106. The lowest BCUT2D eigenvalue weighted by Crippen LogP contribution is -2.04. The minimum atomic E-state index is -1.16. The molecule has 0 radical (unpaired) electrons. The van der Waals surface area contributed by atoms with Crippen LogP contribution in [0.15, 0.2) is 30.3 Å². The molecule has 0 saturated carbocycles. The number of anilines is 2. The normalized spacial score (nSPS) is 10.2. The number of aromatic carboxylic acids is 1. The first-order chi connectivity index (χ1) is 9.51. The number of rotatable bonds is 4. The van der Waals surface area contributed by atoms with Gasteiger partial charge in [0, 0.05) is 5.69 Å². The fourth-order valence-electron chi connectivity index (χ4n) is 1.77. The van der Waals surface area contributed by atoms with Crippen molar-refractivity contribution >= 4 is 29.1 Å². The summed E-state index contributed by atoms with van der Waals surface area (Å²) >= 11 is 5.77. The molecule has 0 atom stereocenters. The Kier molecular flexibility index (Phi) is 4.10. The molecule has 1 aromatic carbocycles. The van der Waals surface area contributed by atoms with Gasteiger partial charge < -0.3 is 15.2 Å². The Morgan fingerprint density at radius 1 is 1.35 bits per heavy atom. The summed E-state index contributed by atoms with van der Waals surface area (Å²) < 4.78 is 5.18. The maximum Gasteiger partial charge on any atom is 0.356 e. The highest BCUT2D eigenvalue weighted by Gasteiger charge is 2.11. The molecule has 2 rings (SSSR count). The summed E-state index contributed by atoms with van der Waals surface area (Å²) in [6, 6.07) is 8.65. The molecule has 0 fully saturated rings. The molecule has 0 unspecified atom stereocenters. The predicted molar refractivity (Wildman–Crippen MR) is 77.2 cm³/mol. The van der Waals surface area contributed by atoms with Gasteiger partial charge in [-0.25, -0.2) is 9.78 Å². The number of nitrogens with one attached hydrogen (secondary N) is 1. The second-order valence-electron chi connectivity index (χ2n) is 4.14. The van der Waals surface area contributed by atoms with Crippen molar-refractivity contribution in [2.75, 3.05) is 12.4 Å². The first-order valence-corrected chi connectivity index (χ1v) is 6.20. The second-order valence-corrected chi connectivity index (χ2v) is 4.55. The highest BCUT2D eigenvalue weighted by atomic mass is 35.5. The van der Waals surface area contributed by atoms with Gasteiger partial charge in [0.2, 0.25) is 0 Å². The number of halogens is 1. The van der Waals surface area contributed by atoms with Crippen LogP contribution in [-0.4, -0.2) is 23.2 Å². The zero-order valence-corrected chi connectivity index (χ0v) is 11.7. The van der Waals surface area contributed by atoms with Gasteiger partial charge in [-0.2, -0.15) is 0 Å². The van der Waals surface area contributed by atoms with E-state index < -0.39 is 5.97 Å². The second kappa shape index (κ2) is 5.79. The average molecular weight is 293 g/mol. The van der Waals surface area contributed by atoms with Crippen LogP contribution < -0.4 is 10.1 Å². The van der Waals surface area contributed by atoms with Crippen LogP contribution in [0.2, 0.25) is 5.02 Å². The van der Waals surface area contributed by atoms with Crippen LogP contribution in [0.1, 0.15) is 16.1 Å². The Labute approximate surface area is 121 Å². The molecule has 104 valence electrons. The molecule has 5 nitrogen and oxygen atoms in total. The summed E-state index contributed by atoms with van der Waals surface area (Å²) in [4.78, 5) is 14.9. The quantitative estimate of drug-likeness (QED) is 0.902. The lowest BCUT2D eigenvalue weighted by atomic mass is 10.2. The molecule has 0 aliphatic carbocycles. The van der Waals surface area contributed by atoms with Crippen molar-refractivity contribution in [2.45, 2.75) is 6.92 Å². The first-order valence-electron chi connectivity index (χ1n) is 5.83. The van der Waals surface area contributed by atoms with Crippen LogP contribution in [0, 0.1) is 6.92 Å². The number of nitrogens with zero attached hydrogens (tertiary/aromatic N) is 1. The Morgan fingerprint density at radius 2 is 2.10 bits per heavy atom. The third kappa shape index (κ3) is 3.00. The number of benzene rings is 1. The zero-order chi connectivity index (χ0) is 14.7. The predicted octanol–water partition coefficient (Wildman–Crippen LogP) is 3.49. The number of hydrogen-bond acceptors (Lipinski definition) is 4.